The standard InChI is InChI=1S/C15H22ClN3O2/c1-9(2)10(3)18-11-5-6-13(16)12(7-11)15(21)19(4)8-14(17)20/h5-7,9-10,18H,8H2,1-4H3,(H2,17,20). The van der Waals surface area contributed by atoms with Crippen molar-refractivity contribution in [3.05, 3.63) is 28.8 Å². The second kappa shape index (κ2) is 7.31. The van der Waals surface area contributed by atoms with Crippen molar-refractivity contribution < 1.29 is 9.59 Å². The van der Waals surface area contributed by atoms with Gasteiger partial charge in [0.1, 0.15) is 0 Å². The van der Waals surface area contributed by atoms with Crippen LogP contribution in [0.2, 0.25) is 5.02 Å². The van der Waals surface area contributed by atoms with Crippen LogP contribution in [0.3, 0.4) is 0 Å². The van der Waals surface area contributed by atoms with E-state index in [9.17, 15) is 9.59 Å². The lowest BCUT2D eigenvalue weighted by Gasteiger charge is -2.20. The van der Waals surface area contributed by atoms with Crippen LogP contribution in [0.5, 0.6) is 0 Å². The summed E-state index contributed by atoms with van der Waals surface area (Å²) < 4.78 is 0. The highest BCUT2D eigenvalue weighted by molar-refractivity contribution is 6.34. The van der Waals surface area contributed by atoms with E-state index in [1.807, 2.05) is 6.07 Å². The number of likely N-dealkylation sites (N-methyl/N-ethyl adjacent to an activating group) is 1. The highest BCUT2D eigenvalue weighted by Crippen LogP contribution is 2.23. The molecule has 0 aliphatic rings. The second-order valence-corrected chi connectivity index (χ2v) is 5.91. The summed E-state index contributed by atoms with van der Waals surface area (Å²) in [5.41, 5.74) is 6.26. The van der Waals surface area contributed by atoms with E-state index in [0.29, 0.717) is 16.5 Å². The molecule has 1 rings (SSSR count). The minimum absolute atomic E-state index is 0.144. The van der Waals surface area contributed by atoms with E-state index in [2.05, 4.69) is 26.1 Å². The molecule has 0 aliphatic carbocycles. The first-order chi connectivity index (χ1) is 9.72. The number of hydrogen-bond acceptors (Lipinski definition) is 3. The van der Waals surface area contributed by atoms with Crippen LogP contribution < -0.4 is 11.1 Å². The summed E-state index contributed by atoms with van der Waals surface area (Å²) in [5, 5.41) is 3.67. The molecule has 1 aromatic carbocycles. The highest BCUT2D eigenvalue weighted by atomic mass is 35.5. The second-order valence-electron chi connectivity index (χ2n) is 5.50. The molecule has 1 aromatic rings. The molecule has 116 valence electrons. The van der Waals surface area contributed by atoms with Gasteiger partial charge in [-0.1, -0.05) is 25.4 Å². The average Bonchev–Trinajstić information content (AvgIpc) is 2.39. The molecule has 0 radical (unpaired) electrons. The first-order valence-corrected chi connectivity index (χ1v) is 7.20. The first kappa shape index (κ1) is 17.3. The molecule has 0 fully saturated rings. The molecule has 0 aromatic heterocycles. The van der Waals surface area contributed by atoms with Crippen molar-refractivity contribution in [1.29, 1.82) is 0 Å². The Balaban J connectivity index is 2.96. The van der Waals surface area contributed by atoms with Crippen LogP contribution in [-0.2, 0) is 4.79 Å². The summed E-state index contributed by atoms with van der Waals surface area (Å²) in [6, 6.07) is 5.45. The Hall–Kier alpha value is -1.75. The number of nitrogens with two attached hydrogens (primary N) is 1. The number of nitrogens with one attached hydrogen (secondary N) is 1. The van der Waals surface area contributed by atoms with Gasteiger partial charge in [-0.3, -0.25) is 9.59 Å². The van der Waals surface area contributed by atoms with Crippen molar-refractivity contribution in [1.82, 2.24) is 4.90 Å². The normalized spacial score (nSPS) is 12.1. The number of benzene rings is 1. The zero-order valence-electron chi connectivity index (χ0n) is 12.8. The maximum atomic E-state index is 12.3. The van der Waals surface area contributed by atoms with Gasteiger partial charge in [0.15, 0.2) is 0 Å². The third-order valence-electron chi connectivity index (χ3n) is 3.33. The predicted molar refractivity (Wildman–Crippen MR) is 85.5 cm³/mol. The summed E-state index contributed by atoms with van der Waals surface area (Å²) in [5.74, 6) is -0.443. The van der Waals surface area contributed by atoms with Gasteiger partial charge in [0.05, 0.1) is 17.1 Å². The number of primary amides is 1. The van der Waals surface area contributed by atoms with Crippen LogP contribution in [0.1, 0.15) is 31.1 Å². The van der Waals surface area contributed by atoms with E-state index in [0.717, 1.165) is 5.69 Å². The largest absolute Gasteiger partial charge is 0.382 e. The van der Waals surface area contributed by atoms with Crippen molar-refractivity contribution in [2.75, 3.05) is 18.9 Å². The lowest BCUT2D eigenvalue weighted by atomic mass is 10.1. The number of nitrogens with zero attached hydrogens (tertiary/aromatic N) is 1. The molecule has 0 bridgehead atoms. The van der Waals surface area contributed by atoms with Crippen LogP contribution in [-0.4, -0.2) is 36.3 Å². The molecule has 0 heterocycles. The Morgan fingerprint density at radius 1 is 1.33 bits per heavy atom. The smallest absolute Gasteiger partial charge is 0.255 e. The molecule has 1 unspecified atom stereocenters. The molecule has 3 N–H and O–H groups in total. The number of carbonyl (C=O) groups excluding carboxylic acids is 2. The fourth-order valence-electron chi connectivity index (χ4n) is 1.72. The predicted octanol–water partition coefficient (Wildman–Crippen LogP) is 2.35. The Morgan fingerprint density at radius 2 is 1.95 bits per heavy atom. The number of carbonyl (C=O) groups is 2. The summed E-state index contributed by atoms with van der Waals surface area (Å²) in [6.45, 7) is 6.15. The fraction of sp³-hybridized carbons (Fsp3) is 0.467. The monoisotopic (exact) mass is 311 g/mol. The van der Waals surface area contributed by atoms with E-state index in [1.165, 1.54) is 11.9 Å². The summed E-state index contributed by atoms with van der Waals surface area (Å²) in [7, 11) is 1.51. The molecule has 5 nitrogen and oxygen atoms in total. The molecular weight excluding hydrogens is 290 g/mol. The number of hydrogen-bond donors (Lipinski definition) is 2. The average molecular weight is 312 g/mol. The van der Waals surface area contributed by atoms with Gasteiger partial charge in [-0.15, -0.1) is 0 Å². The summed E-state index contributed by atoms with van der Waals surface area (Å²) >= 11 is 6.08. The van der Waals surface area contributed by atoms with E-state index < -0.39 is 5.91 Å². The Labute approximate surface area is 130 Å². The minimum atomic E-state index is -0.565. The molecule has 0 saturated carbocycles. The molecular formula is C15H22ClN3O2. The molecule has 21 heavy (non-hydrogen) atoms. The van der Waals surface area contributed by atoms with Crippen LogP contribution in [0.25, 0.3) is 0 Å². The van der Waals surface area contributed by atoms with Crippen LogP contribution in [0.4, 0.5) is 5.69 Å². The van der Waals surface area contributed by atoms with Gasteiger partial charge in [-0.05, 0) is 31.0 Å². The number of halogens is 1. The third-order valence-corrected chi connectivity index (χ3v) is 3.66. The number of anilines is 1. The van der Waals surface area contributed by atoms with E-state index >= 15 is 0 Å². The van der Waals surface area contributed by atoms with Gasteiger partial charge in [-0.25, -0.2) is 0 Å². The van der Waals surface area contributed by atoms with Gasteiger partial charge in [0, 0.05) is 18.8 Å². The Kier molecular flexibility index (Phi) is 6.03. The van der Waals surface area contributed by atoms with Crippen molar-refractivity contribution in [3.8, 4) is 0 Å². The zero-order valence-corrected chi connectivity index (χ0v) is 13.6. The molecule has 0 saturated heterocycles. The van der Waals surface area contributed by atoms with E-state index in [4.69, 9.17) is 17.3 Å². The van der Waals surface area contributed by atoms with E-state index in [1.54, 1.807) is 12.1 Å². The Bertz CT molecular complexity index is 532. The lowest BCUT2D eigenvalue weighted by Crippen LogP contribution is -2.35. The van der Waals surface area contributed by atoms with Crippen molar-refractivity contribution >= 4 is 29.1 Å². The van der Waals surface area contributed by atoms with Gasteiger partial charge < -0.3 is 16.0 Å². The highest BCUT2D eigenvalue weighted by Gasteiger charge is 2.17. The molecule has 1 atom stereocenters. The van der Waals surface area contributed by atoms with Crippen molar-refractivity contribution in [2.24, 2.45) is 11.7 Å². The van der Waals surface area contributed by atoms with Crippen molar-refractivity contribution in [2.45, 2.75) is 26.8 Å². The van der Waals surface area contributed by atoms with Gasteiger partial charge in [0.25, 0.3) is 5.91 Å². The van der Waals surface area contributed by atoms with E-state index in [-0.39, 0.29) is 18.5 Å². The van der Waals surface area contributed by atoms with Crippen LogP contribution in [0.15, 0.2) is 18.2 Å². The van der Waals surface area contributed by atoms with Crippen molar-refractivity contribution in [3.63, 3.8) is 0 Å². The quantitative estimate of drug-likeness (QED) is 0.846. The SMILES string of the molecule is CC(C)C(C)Nc1ccc(Cl)c(C(=O)N(C)CC(N)=O)c1. The first-order valence-electron chi connectivity index (χ1n) is 6.82. The third kappa shape index (κ3) is 4.93. The number of amides is 2. The molecule has 2 amide bonds. The lowest BCUT2D eigenvalue weighted by molar-refractivity contribution is -0.118. The van der Waals surface area contributed by atoms with Gasteiger partial charge in [-0.2, -0.15) is 0 Å². The summed E-state index contributed by atoms with van der Waals surface area (Å²) in [4.78, 5) is 24.4. The fourth-order valence-corrected chi connectivity index (χ4v) is 1.92. The Morgan fingerprint density at radius 3 is 2.48 bits per heavy atom. The zero-order chi connectivity index (χ0) is 16.2. The minimum Gasteiger partial charge on any atom is -0.382 e. The topological polar surface area (TPSA) is 75.4 Å². The summed E-state index contributed by atoms with van der Waals surface area (Å²) in [6.07, 6.45) is 0. The number of rotatable bonds is 6. The van der Waals surface area contributed by atoms with Gasteiger partial charge in [0.2, 0.25) is 5.91 Å². The maximum absolute atomic E-state index is 12.3. The molecule has 0 aliphatic heterocycles. The van der Waals surface area contributed by atoms with Crippen LogP contribution in [0, 0.1) is 5.92 Å². The van der Waals surface area contributed by atoms with Gasteiger partial charge >= 0.3 is 0 Å². The molecule has 0 spiro atoms. The van der Waals surface area contributed by atoms with Crippen LogP contribution >= 0.6 is 11.6 Å². The molecule has 6 heteroatoms. The maximum Gasteiger partial charge on any atom is 0.255 e.